The maximum absolute atomic E-state index is 13.2. The Kier molecular flexibility index (Phi) is 2.90. The maximum atomic E-state index is 13.2. The molecule has 0 aliphatic rings. The van der Waals surface area contributed by atoms with Crippen molar-refractivity contribution in [2.75, 3.05) is 7.11 Å². The topological polar surface area (TPSA) is 70.8 Å². The van der Waals surface area contributed by atoms with Crippen LogP contribution in [-0.4, -0.2) is 22.3 Å². The number of nitrogens with one attached hydrogen (secondary N) is 2. The van der Waals surface area contributed by atoms with Crippen molar-refractivity contribution in [3.8, 4) is 16.9 Å². The highest BCUT2D eigenvalue weighted by Gasteiger charge is 2.16. The molecule has 0 atom stereocenters. The van der Waals surface area contributed by atoms with Crippen molar-refractivity contribution in [1.82, 2.24) is 15.2 Å². The van der Waals surface area contributed by atoms with Gasteiger partial charge in [-0.2, -0.15) is 5.10 Å². The summed E-state index contributed by atoms with van der Waals surface area (Å²) in [6.07, 6.45) is 1.71. The molecule has 0 fully saturated rings. The Balaban J connectivity index is 2.17. The lowest BCUT2D eigenvalue weighted by molar-refractivity contribution is 0.411. The van der Waals surface area contributed by atoms with Gasteiger partial charge in [-0.25, -0.2) is 4.39 Å². The van der Waals surface area contributed by atoms with Crippen molar-refractivity contribution in [1.29, 1.82) is 0 Å². The van der Waals surface area contributed by atoms with Gasteiger partial charge in [0.25, 0.3) is 5.56 Å². The third-order valence-corrected chi connectivity index (χ3v) is 3.87. The first-order chi connectivity index (χ1) is 11.2. The Morgan fingerprint density at radius 2 is 1.91 bits per heavy atom. The molecule has 2 aromatic heterocycles. The van der Waals surface area contributed by atoms with Crippen molar-refractivity contribution in [2.45, 2.75) is 0 Å². The van der Waals surface area contributed by atoms with Crippen LogP contribution in [0.5, 0.6) is 5.75 Å². The number of fused-ring (bicyclic) bond motifs is 2. The van der Waals surface area contributed by atoms with Gasteiger partial charge >= 0.3 is 0 Å². The van der Waals surface area contributed by atoms with Crippen LogP contribution in [0.25, 0.3) is 32.9 Å². The minimum Gasteiger partial charge on any atom is -0.491 e. The van der Waals surface area contributed by atoms with Crippen LogP contribution < -0.4 is 10.3 Å². The van der Waals surface area contributed by atoms with Crippen LogP contribution in [0.4, 0.5) is 4.39 Å². The Labute approximate surface area is 129 Å². The van der Waals surface area contributed by atoms with E-state index in [0.29, 0.717) is 16.6 Å². The summed E-state index contributed by atoms with van der Waals surface area (Å²) in [5.41, 5.74) is 2.49. The van der Waals surface area contributed by atoms with E-state index < -0.39 is 0 Å². The van der Waals surface area contributed by atoms with Crippen molar-refractivity contribution in [3.63, 3.8) is 0 Å². The van der Waals surface area contributed by atoms with Gasteiger partial charge in [0.05, 0.1) is 24.3 Å². The molecule has 114 valence electrons. The molecule has 0 bridgehead atoms. The number of hydrogen-bond donors (Lipinski definition) is 2. The fourth-order valence-corrected chi connectivity index (χ4v) is 2.81. The highest BCUT2D eigenvalue weighted by molar-refractivity contribution is 6.03. The highest BCUT2D eigenvalue weighted by atomic mass is 19.1. The number of hydrogen-bond acceptors (Lipinski definition) is 3. The van der Waals surface area contributed by atoms with E-state index in [1.807, 2.05) is 12.1 Å². The van der Waals surface area contributed by atoms with Gasteiger partial charge in [-0.3, -0.25) is 9.89 Å². The summed E-state index contributed by atoms with van der Waals surface area (Å²) in [6, 6.07) is 9.73. The van der Waals surface area contributed by atoms with Crippen molar-refractivity contribution >= 4 is 21.8 Å². The number of aromatic nitrogens is 3. The van der Waals surface area contributed by atoms with Crippen LogP contribution in [0, 0.1) is 5.82 Å². The molecule has 0 saturated heterocycles. The lowest BCUT2D eigenvalue weighted by atomic mass is 9.99. The van der Waals surface area contributed by atoms with Crippen LogP contribution in [0.1, 0.15) is 0 Å². The molecule has 0 saturated carbocycles. The zero-order valence-corrected chi connectivity index (χ0v) is 12.2. The molecule has 0 unspecified atom stereocenters. The van der Waals surface area contributed by atoms with E-state index in [0.717, 1.165) is 16.3 Å². The molecule has 0 spiro atoms. The number of ether oxygens (including phenoxy) is 1. The normalized spacial score (nSPS) is 11.2. The predicted molar refractivity (Wildman–Crippen MR) is 86.2 cm³/mol. The molecular formula is C17H12FN3O2. The van der Waals surface area contributed by atoms with E-state index >= 15 is 0 Å². The number of aromatic amines is 2. The van der Waals surface area contributed by atoms with Gasteiger partial charge in [-0.05, 0) is 29.8 Å². The van der Waals surface area contributed by atoms with E-state index in [4.69, 9.17) is 4.74 Å². The molecule has 5 nitrogen and oxygen atoms in total. The molecule has 0 aliphatic carbocycles. The van der Waals surface area contributed by atoms with Gasteiger partial charge in [0.15, 0.2) is 5.75 Å². The van der Waals surface area contributed by atoms with E-state index in [-0.39, 0.29) is 17.1 Å². The molecular weight excluding hydrogens is 297 g/mol. The van der Waals surface area contributed by atoms with E-state index in [1.165, 1.54) is 19.2 Å². The minimum absolute atomic E-state index is 0.201. The Morgan fingerprint density at radius 1 is 1.13 bits per heavy atom. The Hall–Kier alpha value is -3.15. The summed E-state index contributed by atoms with van der Waals surface area (Å²) >= 11 is 0. The highest BCUT2D eigenvalue weighted by Crippen LogP contribution is 2.35. The molecule has 0 aliphatic heterocycles. The predicted octanol–water partition coefficient (Wildman–Crippen LogP) is 3.22. The first kappa shape index (κ1) is 13.5. The number of nitrogens with zero attached hydrogens (tertiary/aromatic N) is 1. The van der Waals surface area contributed by atoms with Crippen LogP contribution >= 0.6 is 0 Å². The lowest BCUT2D eigenvalue weighted by Crippen LogP contribution is -2.11. The van der Waals surface area contributed by atoms with Gasteiger partial charge in [-0.1, -0.05) is 12.1 Å². The first-order valence-corrected chi connectivity index (χ1v) is 7.00. The summed E-state index contributed by atoms with van der Waals surface area (Å²) in [5.74, 6) is -0.133. The van der Waals surface area contributed by atoms with Crippen molar-refractivity contribution in [2.24, 2.45) is 0 Å². The molecule has 4 aromatic rings. The lowest BCUT2D eigenvalue weighted by Gasteiger charge is -2.12. The summed E-state index contributed by atoms with van der Waals surface area (Å²) in [7, 11) is 1.44. The maximum Gasteiger partial charge on any atom is 0.291 e. The third-order valence-electron chi connectivity index (χ3n) is 3.87. The van der Waals surface area contributed by atoms with Crippen LogP contribution in [0.15, 0.2) is 47.4 Å². The number of H-pyrrole nitrogens is 2. The zero-order chi connectivity index (χ0) is 16.0. The average molecular weight is 309 g/mol. The minimum atomic E-state index is -0.335. The van der Waals surface area contributed by atoms with Gasteiger partial charge in [0.1, 0.15) is 5.82 Å². The number of benzene rings is 2. The molecule has 0 radical (unpaired) electrons. The molecule has 6 heteroatoms. The van der Waals surface area contributed by atoms with E-state index in [1.54, 1.807) is 18.3 Å². The van der Waals surface area contributed by atoms with Gasteiger partial charge in [-0.15, -0.1) is 0 Å². The summed E-state index contributed by atoms with van der Waals surface area (Å²) in [6.45, 7) is 0. The fourth-order valence-electron chi connectivity index (χ4n) is 2.81. The molecule has 0 amide bonds. The molecule has 4 rings (SSSR count). The van der Waals surface area contributed by atoms with E-state index in [2.05, 4.69) is 15.2 Å². The summed E-state index contributed by atoms with van der Waals surface area (Å²) in [5, 5.41) is 8.60. The zero-order valence-electron chi connectivity index (χ0n) is 12.2. The number of pyridine rings is 1. The number of methoxy groups -OCH3 is 1. The summed E-state index contributed by atoms with van der Waals surface area (Å²) in [4.78, 5) is 15.1. The first-order valence-electron chi connectivity index (χ1n) is 7.00. The third kappa shape index (κ3) is 2.07. The van der Waals surface area contributed by atoms with Gasteiger partial charge in [0, 0.05) is 16.3 Å². The number of halogens is 1. The molecule has 2 heterocycles. The number of rotatable bonds is 2. The monoisotopic (exact) mass is 309 g/mol. The quantitative estimate of drug-likeness (QED) is 0.597. The second kappa shape index (κ2) is 4.95. The Morgan fingerprint density at radius 3 is 2.65 bits per heavy atom. The second-order valence-electron chi connectivity index (χ2n) is 5.22. The van der Waals surface area contributed by atoms with Crippen molar-refractivity contribution in [3.05, 3.63) is 58.8 Å². The molecule has 2 N–H and O–H groups in total. The second-order valence-corrected chi connectivity index (χ2v) is 5.22. The SMILES string of the molecule is COc1c(-c2ccc(F)cc2)c2cc3cn[nH]c3cc2[nH]c1=O. The summed E-state index contributed by atoms with van der Waals surface area (Å²) < 4.78 is 18.5. The largest absolute Gasteiger partial charge is 0.491 e. The van der Waals surface area contributed by atoms with Gasteiger partial charge in [0.2, 0.25) is 0 Å². The van der Waals surface area contributed by atoms with Crippen LogP contribution in [0.3, 0.4) is 0 Å². The standard InChI is InChI=1S/C17H12FN3O2/c1-23-16-15(9-2-4-11(18)5-3-9)12-6-10-8-19-21-13(10)7-14(12)20-17(16)22/h2-8H,1H3,(H,19,21)(H,20,22). The Bertz CT molecular complexity index is 1080. The molecule has 23 heavy (non-hydrogen) atoms. The average Bonchev–Trinajstić information content (AvgIpc) is 3.00. The smallest absolute Gasteiger partial charge is 0.291 e. The molecule has 2 aromatic carbocycles. The van der Waals surface area contributed by atoms with Crippen molar-refractivity contribution < 1.29 is 9.13 Å². The van der Waals surface area contributed by atoms with Gasteiger partial charge < -0.3 is 9.72 Å². The van der Waals surface area contributed by atoms with Crippen LogP contribution in [-0.2, 0) is 0 Å². The fraction of sp³-hybridized carbons (Fsp3) is 0.0588. The van der Waals surface area contributed by atoms with Crippen LogP contribution in [0.2, 0.25) is 0 Å². The van der Waals surface area contributed by atoms with E-state index in [9.17, 15) is 9.18 Å².